The van der Waals surface area contributed by atoms with Crippen LogP contribution in [0.4, 0.5) is 4.79 Å². The molecule has 2 aliphatic rings. The first kappa shape index (κ1) is 13.7. The summed E-state index contributed by atoms with van der Waals surface area (Å²) < 4.78 is 0. The third-order valence-electron chi connectivity index (χ3n) is 3.84. The van der Waals surface area contributed by atoms with E-state index in [1.54, 1.807) is 0 Å². The van der Waals surface area contributed by atoms with Crippen LogP contribution in [0.25, 0.3) is 0 Å². The highest BCUT2D eigenvalue weighted by Crippen LogP contribution is 2.14. The molecule has 1 atom stereocenters. The van der Waals surface area contributed by atoms with Crippen LogP contribution in [0, 0.1) is 5.92 Å². The maximum Gasteiger partial charge on any atom is 0.320 e. The summed E-state index contributed by atoms with van der Waals surface area (Å²) in [6, 6.07) is 0.769. The van der Waals surface area contributed by atoms with Crippen LogP contribution < -0.4 is 5.32 Å². The third-order valence-corrected chi connectivity index (χ3v) is 3.84. The van der Waals surface area contributed by atoms with E-state index in [-0.39, 0.29) is 6.03 Å². The highest BCUT2D eigenvalue weighted by molar-refractivity contribution is 5.74. The maximum atomic E-state index is 12.5. The van der Waals surface area contributed by atoms with Crippen LogP contribution in [0.5, 0.6) is 0 Å². The summed E-state index contributed by atoms with van der Waals surface area (Å²) in [5, 5.41) is 3.49. The van der Waals surface area contributed by atoms with Crippen LogP contribution in [0.2, 0.25) is 0 Å². The Labute approximate surface area is 111 Å². The molecule has 2 aliphatic heterocycles. The molecule has 4 nitrogen and oxygen atoms in total. The fourth-order valence-corrected chi connectivity index (χ4v) is 2.96. The van der Waals surface area contributed by atoms with Gasteiger partial charge < -0.3 is 15.1 Å². The predicted molar refractivity (Wildman–Crippen MR) is 73.6 cm³/mol. The molecule has 0 aliphatic carbocycles. The zero-order chi connectivity index (χ0) is 13.0. The average molecular weight is 253 g/mol. The van der Waals surface area contributed by atoms with Crippen molar-refractivity contribution in [2.24, 2.45) is 5.92 Å². The van der Waals surface area contributed by atoms with Crippen LogP contribution in [0.1, 0.15) is 39.5 Å². The Kier molecular flexibility index (Phi) is 4.87. The van der Waals surface area contributed by atoms with Crippen LogP contribution in [-0.4, -0.2) is 54.6 Å². The van der Waals surface area contributed by atoms with E-state index in [1.165, 1.54) is 25.7 Å². The molecule has 2 heterocycles. The van der Waals surface area contributed by atoms with E-state index in [1.807, 2.05) is 4.90 Å². The summed E-state index contributed by atoms with van der Waals surface area (Å²) in [7, 11) is 0. The standard InChI is InChI=1S/C14H27N3O/c1-12(2)10-17(11-13-6-5-7-15-13)14(18)16-8-3-4-9-16/h12-13,15H,3-11H2,1-2H3. The molecule has 0 radical (unpaired) electrons. The number of carbonyl (C=O) groups excluding carboxylic acids is 1. The topological polar surface area (TPSA) is 35.6 Å². The van der Waals surface area contributed by atoms with Gasteiger partial charge in [-0.25, -0.2) is 4.79 Å². The van der Waals surface area contributed by atoms with E-state index >= 15 is 0 Å². The minimum Gasteiger partial charge on any atom is -0.325 e. The highest BCUT2D eigenvalue weighted by Gasteiger charge is 2.27. The van der Waals surface area contributed by atoms with Gasteiger partial charge in [0.15, 0.2) is 0 Å². The van der Waals surface area contributed by atoms with E-state index < -0.39 is 0 Å². The SMILES string of the molecule is CC(C)CN(CC1CCCN1)C(=O)N1CCCC1. The smallest absolute Gasteiger partial charge is 0.320 e. The van der Waals surface area contributed by atoms with Gasteiger partial charge in [0, 0.05) is 32.2 Å². The predicted octanol–water partition coefficient (Wildman–Crippen LogP) is 1.91. The fraction of sp³-hybridized carbons (Fsp3) is 0.929. The van der Waals surface area contributed by atoms with E-state index in [0.717, 1.165) is 32.7 Å². The summed E-state index contributed by atoms with van der Waals surface area (Å²) in [6.45, 7) is 9.15. The Morgan fingerprint density at radius 3 is 2.61 bits per heavy atom. The Bertz CT molecular complexity index is 268. The lowest BCUT2D eigenvalue weighted by atomic mass is 10.1. The van der Waals surface area contributed by atoms with E-state index in [2.05, 4.69) is 24.1 Å². The summed E-state index contributed by atoms with van der Waals surface area (Å²) >= 11 is 0. The lowest BCUT2D eigenvalue weighted by Crippen LogP contribution is -2.48. The van der Waals surface area contributed by atoms with E-state index in [4.69, 9.17) is 0 Å². The Morgan fingerprint density at radius 1 is 1.33 bits per heavy atom. The molecular weight excluding hydrogens is 226 g/mol. The van der Waals surface area contributed by atoms with Gasteiger partial charge in [-0.2, -0.15) is 0 Å². The van der Waals surface area contributed by atoms with E-state index in [0.29, 0.717) is 12.0 Å². The molecule has 0 aromatic heterocycles. The zero-order valence-electron chi connectivity index (χ0n) is 11.8. The number of urea groups is 1. The third kappa shape index (κ3) is 3.61. The quantitative estimate of drug-likeness (QED) is 0.831. The second-order valence-electron chi connectivity index (χ2n) is 6.07. The van der Waals surface area contributed by atoms with Crippen molar-refractivity contribution in [3.05, 3.63) is 0 Å². The molecule has 0 saturated carbocycles. The van der Waals surface area contributed by atoms with Crippen molar-refractivity contribution < 1.29 is 4.79 Å². The number of nitrogens with zero attached hydrogens (tertiary/aromatic N) is 2. The minimum atomic E-state index is 0.259. The van der Waals surface area contributed by atoms with Crippen LogP contribution >= 0.6 is 0 Å². The van der Waals surface area contributed by atoms with Gasteiger partial charge in [0.2, 0.25) is 0 Å². The molecule has 0 aromatic carbocycles. The second-order valence-corrected chi connectivity index (χ2v) is 6.07. The van der Waals surface area contributed by atoms with Gasteiger partial charge in [-0.1, -0.05) is 13.8 Å². The molecule has 2 rings (SSSR count). The van der Waals surface area contributed by atoms with Crippen molar-refractivity contribution in [3.63, 3.8) is 0 Å². The van der Waals surface area contributed by atoms with Crippen LogP contribution in [-0.2, 0) is 0 Å². The number of likely N-dealkylation sites (tertiary alicyclic amines) is 1. The number of hydrogen-bond acceptors (Lipinski definition) is 2. The van der Waals surface area contributed by atoms with Gasteiger partial charge in [0.25, 0.3) is 0 Å². The first-order valence-electron chi connectivity index (χ1n) is 7.44. The summed E-state index contributed by atoms with van der Waals surface area (Å²) in [5.74, 6) is 0.540. The molecular formula is C14H27N3O. The van der Waals surface area contributed by atoms with Crippen molar-refractivity contribution in [2.75, 3.05) is 32.7 Å². The Morgan fingerprint density at radius 2 is 2.06 bits per heavy atom. The lowest BCUT2D eigenvalue weighted by Gasteiger charge is -2.31. The number of hydrogen-bond donors (Lipinski definition) is 1. The number of rotatable bonds is 4. The molecule has 0 aromatic rings. The van der Waals surface area contributed by atoms with Gasteiger partial charge in [-0.15, -0.1) is 0 Å². The first-order valence-corrected chi connectivity index (χ1v) is 7.44. The molecule has 2 amide bonds. The second kappa shape index (κ2) is 6.41. The first-order chi connectivity index (χ1) is 8.66. The Hall–Kier alpha value is -0.770. The van der Waals surface area contributed by atoms with Crippen molar-refractivity contribution >= 4 is 6.03 Å². The van der Waals surface area contributed by atoms with Crippen molar-refractivity contribution in [2.45, 2.75) is 45.6 Å². The van der Waals surface area contributed by atoms with E-state index in [9.17, 15) is 4.79 Å². The molecule has 1 N–H and O–H groups in total. The van der Waals surface area contributed by atoms with Crippen LogP contribution in [0.15, 0.2) is 0 Å². The molecule has 4 heteroatoms. The zero-order valence-corrected chi connectivity index (χ0v) is 11.8. The van der Waals surface area contributed by atoms with Gasteiger partial charge in [-0.3, -0.25) is 0 Å². The summed E-state index contributed by atoms with van der Waals surface area (Å²) in [6.07, 6.45) is 4.80. The number of amides is 2. The largest absolute Gasteiger partial charge is 0.325 e. The maximum absolute atomic E-state index is 12.5. The molecule has 18 heavy (non-hydrogen) atoms. The molecule has 0 bridgehead atoms. The normalized spacial score (nSPS) is 23.9. The lowest BCUT2D eigenvalue weighted by molar-refractivity contribution is 0.151. The molecule has 0 spiro atoms. The summed E-state index contributed by atoms with van der Waals surface area (Å²) in [4.78, 5) is 16.6. The average Bonchev–Trinajstić information content (AvgIpc) is 2.99. The fourth-order valence-electron chi connectivity index (χ4n) is 2.96. The van der Waals surface area contributed by atoms with Crippen molar-refractivity contribution in [1.82, 2.24) is 15.1 Å². The molecule has 2 saturated heterocycles. The summed E-state index contributed by atoms with van der Waals surface area (Å²) in [5.41, 5.74) is 0. The minimum absolute atomic E-state index is 0.259. The molecule has 1 unspecified atom stereocenters. The number of nitrogens with one attached hydrogen (secondary N) is 1. The van der Waals surface area contributed by atoms with Gasteiger partial charge >= 0.3 is 6.03 Å². The Balaban J connectivity index is 1.91. The molecule has 104 valence electrons. The van der Waals surface area contributed by atoms with Gasteiger partial charge in [0.1, 0.15) is 0 Å². The highest BCUT2D eigenvalue weighted by atomic mass is 16.2. The van der Waals surface area contributed by atoms with Gasteiger partial charge in [-0.05, 0) is 38.1 Å². The molecule has 2 fully saturated rings. The monoisotopic (exact) mass is 253 g/mol. The van der Waals surface area contributed by atoms with Crippen LogP contribution in [0.3, 0.4) is 0 Å². The van der Waals surface area contributed by atoms with Crippen molar-refractivity contribution in [1.29, 1.82) is 0 Å². The van der Waals surface area contributed by atoms with Crippen molar-refractivity contribution in [3.8, 4) is 0 Å². The number of carbonyl (C=O) groups is 1. The van der Waals surface area contributed by atoms with Gasteiger partial charge in [0.05, 0.1) is 0 Å².